The monoisotopic (exact) mass is 277 g/mol. The molecule has 2 unspecified atom stereocenters. The van der Waals surface area contributed by atoms with E-state index >= 15 is 0 Å². The maximum atomic E-state index is 5.49. The quantitative estimate of drug-likeness (QED) is 0.828. The standard InChI is InChI=1S/C16H27N3O/c1-13(10-15-12-20-9-8-17-15)18-11-14-4-6-16(7-5-14)19(2)3/h4-7,13,15,17-18H,8-12H2,1-3H3. The second-order valence-electron chi connectivity index (χ2n) is 5.80. The van der Waals surface area contributed by atoms with E-state index in [1.807, 2.05) is 0 Å². The van der Waals surface area contributed by atoms with Gasteiger partial charge < -0.3 is 20.3 Å². The number of nitrogens with zero attached hydrogens (tertiary/aromatic N) is 1. The van der Waals surface area contributed by atoms with E-state index < -0.39 is 0 Å². The molecule has 2 rings (SSSR count). The zero-order valence-corrected chi connectivity index (χ0v) is 12.9. The van der Waals surface area contributed by atoms with Crippen molar-refractivity contribution in [2.75, 3.05) is 38.8 Å². The highest BCUT2D eigenvalue weighted by molar-refractivity contribution is 5.45. The summed E-state index contributed by atoms with van der Waals surface area (Å²) in [7, 11) is 4.13. The van der Waals surface area contributed by atoms with Gasteiger partial charge in [-0.25, -0.2) is 0 Å². The Morgan fingerprint density at radius 3 is 2.70 bits per heavy atom. The van der Waals surface area contributed by atoms with Crippen LogP contribution in [0.1, 0.15) is 18.9 Å². The Hall–Kier alpha value is -1.10. The topological polar surface area (TPSA) is 36.5 Å². The molecule has 0 saturated carbocycles. The van der Waals surface area contributed by atoms with Gasteiger partial charge in [0, 0.05) is 45.0 Å². The lowest BCUT2D eigenvalue weighted by Crippen LogP contribution is -2.44. The smallest absolute Gasteiger partial charge is 0.0620 e. The third-order valence-electron chi connectivity index (χ3n) is 3.74. The number of morpholine rings is 1. The van der Waals surface area contributed by atoms with Crippen molar-refractivity contribution < 1.29 is 4.74 Å². The summed E-state index contributed by atoms with van der Waals surface area (Å²) in [4.78, 5) is 2.12. The minimum absolute atomic E-state index is 0.488. The number of benzene rings is 1. The van der Waals surface area contributed by atoms with Crippen LogP contribution in [-0.4, -0.2) is 45.9 Å². The zero-order chi connectivity index (χ0) is 14.4. The third kappa shape index (κ3) is 4.78. The van der Waals surface area contributed by atoms with E-state index in [0.717, 1.165) is 32.7 Å². The molecule has 1 aliphatic rings. The van der Waals surface area contributed by atoms with Crippen molar-refractivity contribution in [2.45, 2.75) is 32.0 Å². The average molecular weight is 277 g/mol. The molecule has 0 radical (unpaired) electrons. The average Bonchev–Trinajstić information content (AvgIpc) is 2.46. The number of rotatable bonds is 6. The molecule has 0 bridgehead atoms. The SMILES string of the molecule is CC(CC1COCCN1)NCc1ccc(N(C)C)cc1. The lowest BCUT2D eigenvalue weighted by atomic mass is 10.1. The number of hydrogen-bond donors (Lipinski definition) is 2. The molecule has 0 aromatic heterocycles. The first-order valence-corrected chi connectivity index (χ1v) is 7.46. The van der Waals surface area contributed by atoms with Crippen molar-refractivity contribution >= 4 is 5.69 Å². The van der Waals surface area contributed by atoms with E-state index in [1.54, 1.807) is 0 Å². The van der Waals surface area contributed by atoms with Crippen LogP contribution < -0.4 is 15.5 Å². The molecule has 1 fully saturated rings. The second-order valence-corrected chi connectivity index (χ2v) is 5.80. The normalized spacial score (nSPS) is 20.6. The molecule has 2 atom stereocenters. The van der Waals surface area contributed by atoms with Crippen LogP contribution in [0.4, 0.5) is 5.69 Å². The van der Waals surface area contributed by atoms with Gasteiger partial charge in [-0.2, -0.15) is 0 Å². The van der Waals surface area contributed by atoms with Crippen molar-refractivity contribution in [1.29, 1.82) is 0 Å². The van der Waals surface area contributed by atoms with Crippen LogP contribution in [0.3, 0.4) is 0 Å². The maximum absolute atomic E-state index is 5.49. The Labute approximate surface area is 122 Å². The fraction of sp³-hybridized carbons (Fsp3) is 0.625. The lowest BCUT2D eigenvalue weighted by molar-refractivity contribution is 0.0712. The number of nitrogens with one attached hydrogen (secondary N) is 2. The Kier molecular flexibility index (Phi) is 5.83. The Balaban J connectivity index is 1.73. The summed E-state index contributed by atoms with van der Waals surface area (Å²) in [6, 6.07) is 9.69. The van der Waals surface area contributed by atoms with Crippen LogP contribution in [0.5, 0.6) is 0 Å². The molecule has 0 spiro atoms. The van der Waals surface area contributed by atoms with Gasteiger partial charge >= 0.3 is 0 Å². The van der Waals surface area contributed by atoms with Gasteiger partial charge in [-0.15, -0.1) is 0 Å². The van der Waals surface area contributed by atoms with E-state index in [0.29, 0.717) is 12.1 Å². The van der Waals surface area contributed by atoms with Crippen molar-refractivity contribution in [3.8, 4) is 0 Å². The Morgan fingerprint density at radius 2 is 2.10 bits per heavy atom. The first-order valence-electron chi connectivity index (χ1n) is 7.46. The van der Waals surface area contributed by atoms with Gasteiger partial charge in [-0.1, -0.05) is 12.1 Å². The van der Waals surface area contributed by atoms with Gasteiger partial charge in [-0.05, 0) is 31.0 Å². The highest BCUT2D eigenvalue weighted by Gasteiger charge is 2.15. The molecule has 2 N–H and O–H groups in total. The second kappa shape index (κ2) is 7.62. The summed E-state index contributed by atoms with van der Waals surface area (Å²) >= 11 is 0. The molecule has 1 aromatic rings. The summed E-state index contributed by atoms with van der Waals surface area (Å²) in [5.41, 5.74) is 2.57. The molecule has 0 amide bonds. The zero-order valence-electron chi connectivity index (χ0n) is 12.9. The summed E-state index contributed by atoms with van der Waals surface area (Å²) in [6.45, 7) is 5.82. The van der Waals surface area contributed by atoms with Gasteiger partial charge in [0.05, 0.1) is 13.2 Å². The van der Waals surface area contributed by atoms with Gasteiger partial charge in [0.2, 0.25) is 0 Å². The maximum Gasteiger partial charge on any atom is 0.0620 e. The summed E-state index contributed by atoms with van der Waals surface area (Å²) in [5, 5.41) is 7.08. The molecular formula is C16H27N3O. The van der Waals surface area contributed by atoms with Crippen LogP contribution in [0.25, 0.3) is 0 Å². The highest BCUT2D eigenvalue weighted by Crippen LogP contribution is 2.12. The molecule has 20 heavy (non-hydrogen) atoms. The fourth-order valence-electron chi connectivity index (χ4n) is 2.49. The van der Waals surface area contributed by atoms with Gasteiger partial charge in [0.25, 0.3) is 0 Å². The van der Waals surface area contributed by atoms with Gasteiger partial charge in [0.15, 0.2) is 0 Å². The number of ether oxygens (including phenoxy) is 1. The molecule has 4 nitrogen and oxygen atoms in total. The molecular weight excluding hydrogens is 250 g/mol. The van der Waals surface area contributed by atoms with E-state index in [9.17, 15) is 0 Å². The van der Waals surface area contributed by atoms with Crippen molar-refractivity contribution in [3.05, 3.63) is 29.8 Å². The number of hydrogen-bond acceptors (Lipinski definition) is 4. The first-order chi connectivity index (χ1) is 9.65. The van der Waals surface area contributed by atoms with E-state index in [4.69, 9.17) is 4.74 Å². The lowest BCUT2D eigenvalue weighted by Gasteiger charge is -2.26. The van der Waals surface area contributed by atoms with Crippen LogP contribution >= 0.6 is 0 Å². The summed E-state index contributed by atoms with van der Waals surface area (Å²) in [5.74, 6) is 0. The summed E-state index contributed by atoms with van der Waals surface area (Å²) < 4.78 is 5.49. The van der Waals surface area contributed by atoms with Crippen LogP contribution in [0.2, 0.25) is 0 Å². The highest BCUT2D eigenvalue weighted by atomic mass is 16.5. The Bertz CT molecular complexity index is 385. The largest absolute Gasteiger partial charge is 0.379 e. The van der Waals surface area contributed by atoms with Crippen molar-refractivity contribution in [2.24, 2.45) is 0 Å². The van der Waals surface area contributed by atoms with Crippen LogP contribution in [0, 0.1) is 0 Å². The molecule has 1 aliphatic heterocycles. The van der Waals surface area contributed by atoms with Gasteiger partial charge in [0.1, 0.15) is 0 Å². The Morgan fingerprint density at radius 1 is 1.35 bits per heavy atom. The minimum atomic E-state index is 0.488. The number of anilines is 1. The third-order valence-corrected chi connectivity index (χ3v) is 3.74. The van der Waals surface area contributed by atoms with Crippen LogP contribution in [0.15, 0.2) is 24.3 Å². The van der Waals surface area contributed by atoms with E-state index in [1.165, 1.54) is 11.3 Å². The van der Waals surface area contributed by atoms with Crippen molar-refractivity contribution in [1.82, 2.24) is 10.6 Å². The molecule has 112 valence electrons. The predicted molar refractivity (Wildman–Crippen MR) is 84.3 cm³/mol. The van der Waals surface area contributed by atoms with Crippen molar-refractivity contribution in [3.63, 3.8) is 0 Å². The predicted octanol–water partition coefficient (Wildman–Crippen LogP) is 1.61. The van der Waals surface area contributed by atoms with Gasteiger partial charge in [-0.3, -0.25) is 0 Å². The first kappa shape index (κ1) is 15.3. The van der Waals surface area contributed by atoms with Crippen LogP contribution in [-0.2, 0) is 11.3 Å². The summed E-state index contributed by atoms with van der Waals surface area (Å²) in [6.07, 6.45) is 1.11. The molecule has 0 aliphatic carbocycles. The molecule has 4 heteroatoms. The van der Waals surface area contributed by atoms with E-state index in [-0.39, 0.29) is 0 Å². The van der Waals surface area contributed by atoms with E-state index in [2.05, 4.69) is 60.8 Å². The molecule has 1 aromatic carbocycles. The molecule has 1 heterocycles. The molecule has 1 saturated heterocycles. The minimum Gasteiger partial charge on any atom is -0.379 e. The fourth-order valence-corrected chi connectivity index (χ4v) is 2.49.